The van der Waals surface area contributed by atoms with Gasteiger partial charge in [-0.25, -0.2) is 4.79 Å². The number of nitrogens with zero attached hydrogens (tertiary/aromatic N) is 4. The first kappa shape index (κ1) is 39.6. The topological polar surface area (TPSA) is 173 Å². The molecule has 3 N–H and O–H groups in total. The molecule has 1 fully saturated rings. The number of fused-ring (bicyclic) bond motifs is 1. The molecule has 0 bridgehead atoms. The molecular weight excluding hydrogens is 664 g/mol. The number of carbonyl (C=O) groups excluding carboxylic acids is 3. The van der Waals surface area contributed by atoms with E-state index in [4.69, 9.17) is 23.7 Å². The Morgan fingerprint density at radius 1 is 0.922 bits per heavy atom. The summed E-state index contributed by atoms with van der Waals surface area (Å²) in [6.07, 6.45) is 2.40. The number of nitrogens with one attached hydrogen (secondary N) is 2. The van der Waals surface area contributed by atoms with Crippen LogP contribution in [0, 0.1) is 0 Å². The lowest BCUT2D eigenvalue weighted by atomic mass is 9.91. The molecule has 1 atom stereocenters. The molecule has 1 aromatic heterocycles. The van der Waals surface area contributed by atoms with Crippen molar-refractivity contribution in [2.45, 2.75) is 32.0 Å². The van der Waals surface area contributed by atoms with Gasteiger partial charge in [0.2, 0.25) is 11.8 Å². The van der Waals surface area contributed by atoms with Crippen LogP contribution in [-0.4, -0.2) is 149 Å². The molecule has 0 saturated carbocycles. The summed E-state index contributed by atoms with van der Waals surface area (Å²) in [4.78, 5) is 55.3. The summed E-state index contributed by atoms with van der Waals surface area (Å²) in [6.45, 7) is 3.39. The van der Waals surface area contributed by atoms with Crippen LogP contribution in [0.1, 0.15) is 23.1 Å². The van der Waals surface area contributed by atoms with Crippen molar-refractivity contribution < 1.29 is 43.2 Å². The minimum Gasteiger partial charge on any atom is -0.496 e. The van der Waals surface area contributed by atoms with E-state index in [-0.39, 0.29) is 63.6 Å². The van der Waals surface area contributed by atoms with E-state index in [0.717, 1.165) is 22.3 Å². The Bertz CT molecular complexity index is 1540. The lowest BCUT2D eigenvalue weighted by Gasteiger charge is -2.30. The standard InChI is InChI=1S/C35H52N6O10/c1-38(2)20-29-30(47-4)16-24(17-31(29)48-5)27-21-39(3)34(45)28-22-41(10-7-26(27)28)35(46)36-8-11-49-12-13-50-14-15-51-23-32(43)37-18-33(44)40-9-6-25(42)19-40/h16-17,21,25,42H,6-15,18-20,22-23H2,1-5H3,(H,36,46)(H,37,43). The molecule has 2 aromatic rings. The fraction of sp³-hybridized carbons (Fsp3) is 0.600. The van der Waals surface area contributed by atoms with Crippen molar-refractivity contribution in [2.75, 3.05) is 101 Å². The van der Waals surface area contributed by atoms with E-state index in [1.807, 2.05) is 37.3 Å². The molecule has 16 heteroatoms. The summed E-state index contributed by atoms with van der Waals surface area (Å²) in [7, 11) is 8.93. The highest BCUT2D eigenvalue weighted by atomic mass is 16.5. The zero-order valence-corrected chi connectivity index (χ0v) is 30.3. The van der Waals surface area contributed by atoms with Gasteiger partial charge in [-0.05, 0) is 50.2 Å². The second-order valence-corrected chi connectivity index (χ2v) is 12.8. The number of amides is 4. The molecule has 2 aliphatic heterocycles. The molecule has 1 aromatic carbocycles. The number of aryl methyl sites for hydroxylation is 1. The van der Waals surface area contributed by atoms with Crippen LogP contribution in [0.4, 0.5) is 4.79 Å². The summed E-state index contributed by atoms with van der Waals surface area (Å²) in [5, 5.41) is 14.9. The number of likely N-dealkylation sites (tertiary alicyclic amines) is 1. The van der Waals surface area contributed by atoms with Crippen molar-refractivity contribution >= 4 is 17.8 Å². The lowest BCUT2D eigenvalue weighted by Crippen LogP contribution is -2.45. The summed E-state index contributed by atoms with van der Waals surface area (Å²) in [6, 6.07) is 3.67. The number of aromatic nitrogens is 1. The van der Waals surface area contributed by atoms with Gasteiger partial charge in [-0.15, -0.1) is 0 Å². The van der Waals surface area contributed by atoms with Gasteiger partial charge >= 0.3 is 6.03 Å². The van der Waals surface area contributed by atoms with Crippen LogP contribution in [0.15, 0.2) is 23.1 Å². The van der Waals surface area contributed by atoms with E-state index in [0.29, 0.717) is 69.3 Å². The SMILES string of the molecule is COc1cc(-c2cn(C)c(=O)c3c2CCN(C(=O)NCCOCCOCCOCC(=O)NCC(=O)N2CCC(O)C2)C3)cc(OC)c1CN(C)C. The monoisotopic (exact) mass is 716 g/mol. The van der Waals surface area contributed by atoms with Gasteiger partial charge in [0.25, 0.3) is 5.56 Å². The van der Waals surface area contributed by atoms with Gasteiger partial charge in [0.05, 0.1) is 72.0 Å². The number of β-amino-alcohol motifs (C(OH)–C–C–N with tert-alkyl or cyclic N) is 1. The third kappa shape index (κ3) is 11.1. The van der Waals surface area contributed by atoms with E-state index >= 15 is 0 Å². The first-order valence-electron chi connectivity index (χ1n) is 17.1. The summed E-state index contributed by atoms with van der Waals surface area (Å²) < 4.78 is 29.3. The second-order valence-electron chi connectivity index (χ2n) is 12.8. The highest BCUT2D eigenvalue weighted by Gasteiger charge is 2.27. The Morgan fingerprint density at radius 3 is 2.22 bits per heavy atom. The zero-order chi connectivity index (χ0) is 36.9. The smallest absolute Gasteiger partial charge is 0.317 e. The maximum atomic E-state index is 13.2. The first-order chi connectivity index (χ1) is 24.5. The van der Waals surface area contributed by atoms with Crippen LogP contribution in [0.3, 0.4) is 0 Å². The highest BCUT2D eigenvalue weighted by molar-refractivity contribution is 5.85. The summed E-state index contributed by atoms with van der Waals surface area (Å²) in [5.74, 6) is 0.760. The predicted molar refractivity (Wildman–Crippen MR) is 188 cm³/mol. The molecule has 0 spiro atoms. The number of benzene rings is 1. The maximum Gasteiger partial charge on any atom is 0.317 e. The van der Waals surface area contributed by atoms with Crippen LogP contribution in [-0.2, 0) is 50.4 Å². The van der Waals surface area contributed by atoms with Gasteiger partial charge in [0.15, 0.2) is 0 Å². The third-order valence-corrected chi connectivity index (χ3v) is 8.70. The molecule has 4 rings (SSSR count). The van der Waals surface area contributed by atoms with Gasteiger partial charge in [0.1, 0.15) is 18.1 Å². The average Bonchev–Trinajstić information content (AvgIpc) is 3.56. The number of rotatable bonds is 18. The number of methoxy groups -OCH3 is 2. The second kappa shape index (κ2) is 19.4. The number of aliphatic hydroxyl groups is 1. The number of hydrogen-bond acceptors (Lipinski definition) is 11. The molecule has 282 valence electrons. The number of urea groups is 1. The van der Waals surface area contributed by atoms with Crippen LogP contribution in [0.5, 0.6) is 11.5 Å². The van der Waals surface area contributed by atoms with E-state index in [1.54, 1.807) is 30.7 Å². The zero-order valence-electron chi connectivity index (χ0n) is 30.3. The Labute approximate surface area is 298 Å². The number of pyridine rings is 1. The van der Waals surface area contributed by atoms with Crippen LogP contribution < -0.4 is 25.7 Å². The minimum absolute atomic E-state index is 0.129. The molecule has 4 amide bonds. The van der Waals surface area contributed by atoms with Gasteiger partial charge in [-0.2, -0.15) is 0 Å². The molecule has 3 heterocycles. The normalized spacial score (nSPS) is 15.5. The molecule has 0 aliphatic carbocycles. The molecule has 1 saturated heterocycles. The molecule has 0 radical (unpaired) electrons. The first-order valence-corrected chi connectivity index (χ1v) is 17.1. The molecule has 1 unspecified atom stereocenters. The van der Waals surface area contributed by atoms with Crippen molar-refractivity contribution in [2.24, 2.45) is 7.05 Å². The van der Waals surface area contributed by atoms with Crippen LogP contribution in [0.2, 0.25) is 0 Å². The number of carbonyl (C=O) groups is 3. The van der Waals surface area contributed by atoms with E-state index < -0.39 is 12.0 Å². The molecular formula is C35H52N6O10. The number of hydrogen-bond donors (Lipinski definition) is 3. The van der Waals surface area contributed by atoms with E-state index in [1.165, 1.54) is 4.90 Å². The third-order valence-electron chi connectivity index (χ3n) is 8.70. The largest absolute Gasteiger partial charge is 0.496 e. The fourth-order valence-electron chi connectivity index (χ4n) is 6.09. The maximum absolute atomic E-state index is 13.2. The van der Waals surface area contributed by atoms with E-state index in [2.05, 4.69) is 10.6 Å². The van der Waals surface area contributed by atoms with Gasteiger partial charge < -0.3 is 58.7 Å². The number of aliphatic hydroxyl groups excluding tert-OH is 1. The fourth-order valence-corrected chi connectivity index (χ4v) is 6.09. The Hall–Kier alpha value is -4.22. The molecule has 16 nitrogen and oxygen atoms in total. The molecule has 2 aliphatic rings. The minimum atomic E-state index is -0.502. The Kier molecular flexibility index (Phi) is 15.1. The molecule has 51 heavy (non-hydrogen) atoms. The van der Waals surface area contributed by atoms with Gasteiger partial charge in [-0.3, -0.25) is 14.4 Å². The predicted octanol–water partition coefficient (Wildman–Crippen LogP) is -0.0420. The van der Waals surface area contributed by atoms with Crippen molar-refractivity contribution in [3.05, 3.63) is 45.4 Å². The summed E-state index contributed by atoms with van der Waals surface area (Å²) in [5.41, 5.74) is 4.06. The van der Waals surface area contributed by atoms with E-state index in [9.17, 15) is 24.3 Å². The lowest BCUT2D eigenvalue weighted by molar-refractivity contribution is -0.133. The van der Waals surface area contributed by atoms with Gasteiger partial charge in [-0.1, -0.05) is 0 Å². The van der Waals surface area contributed by atoms with Crippen molar-refractivity contribution in [1.82, 2.24) is 29.9 Å². The summed E-state index contributed by atoms with van der Waals surface area (Å²) >= 11 is 0. The quantitative estimate of drug-likeness (QED) is 0.177. The highest BCUT2D eigenvalue weighted by Crippen LogP contribution is 2.38. The van der Waals surface area contributed by atoms with Crippen LogP contribution >= 0.6 is 0 Å². The van der Waals surface area contributed by atoms with Crippen LogP contribution in [0.25, 0.3) is 11.1 Å². The number of ether oxygens (including phenoxy) is 5. The average molecular weight is 717 g/mol. The van der Waals surface area contributed by atoms with Crippen molar-refractivity contribution in [1.29, 1.82) is 0 Å². The van der Waals surface area contributed by atoms with Crippen molar-refractivity contribution in [3.8, 4) is 22.6 Å². The Balaban J connectivity index is 1.15. The van der Waals surface area contributed by atoms with Crippen molar-refractivity contribution in [3.63, 3.8) is 0 Å². The van der Waals surface area contributed by atoms with Gasteiger partial charge in [0, 0.05) is 57.1 Å². The Morgan fingerprint density at radius 2 is 1.59 bits per heavy atom.